The lowest BCUT2D eigenvalue weighted by Gasteiger charge is -2.26. The highest BCUT2D eigenvalue weighted by Crippen LogP contribution is 2.38. The Kier molecular flexibility index (Phi) is 7.09. The van der Waals surface area contributed by atoms with Crippen LogP contribution in [-0.2, 0) is 11.3 Å². The number of fused-ring (bicyclic) bond motifs is 1. The predicted octanol–water partition coefficient (Wildman–Crippen LogP) is 6.40. The molecule has 1 heterocycles. The van der Waals surface area contributed by atoms with E-state index in [0.29, 0.717) is 24.9 Å². The Morgan fingerprint density at radius 2 is 1.74 bits per heavy atom. The molecule has 0 unspecified atom stereocenters. The third kappa shape index (κ3) is 5.72. The minimum Gasteiger partial charge on any atom is -0.481 e. The van der Waals surface area contributed by atoms with Gasteiger partial charge in [0.25, 0.3) is 0 Å². The molecule has 180 valence electrons. The van der Waals surface area contributed by atoms with Gasteiger partial charge in [-0.3, -0.25) is 4.79 Å². The van der Waals surface area contributed by atoms with E-state index in [-0.39, 0.29) is 12.5 Å². The van der Waals surface area contributed by atoms with Crippen molar-refractivity contribution in [2.24, 2.45) is 5.92 Å². The van der Waals surface area contributed by atoms with E-state index in [0.717, 1.165) is 27.9 Å². The first kappa shape index (κ1) is 23.1. The molecular weight excluding hydrogens is 438 g/mol. The number of rotatable bonds is 10. The number of carboxylic acid groups (broad SMARTS) is 1. The van der Waals surface area contributed by atoms with E-state index < -0.39 is 5.97 Å². The van der Waals surface area contributed by atoms with E-state index in [2.05, 4.69) is 64.1 Å². The van der Waals surface area contributed by atoms with Crippen LogP contribution in [0.2, 0.25) is 0 Å². The zero-order chi connectivity index (χ0) is 24.0. The van der Waals surface area contributed by atoms with Gasteiger partial charge in [-0.1, -0.05) is 49.2 Å². The zero-order valence-electron chi connectivity index (χ0n) is 19.7. The Labute approximate surface area is 205 Å². The van der Waals surface area contributed by atoms with Gasteiger partial charge >= 0.3 is 5.97 Å². The maximum atomic E-state index is 10.7. The van der Waals surface area contributed by atoms with E-state index in [4.69, 9.17) is 9.52 Å². The summed E-state index contributed by atoms with van der Waals surface area (Å²) < 4.78 is 5.95. The minimum atomic E-state index is -0.781. The van der Waals surface area contributed by atoms with Crippen molar-refractivity contribution in [2.45, 2.75) is 44.7 Å². The Balaban J connectivity index is 1.29. The number of nitrogens with one attached hydrogen (secondary N) is 2. The van der Waals surface area contributed by atoms with Gasteiger partial charge in [0, 0.05) is 24.3 Å². The first-order chi connectivity index (χ1) is 17.2. The van der Waals surface area contributed by atoms with Crippen LogP contribution in [0.3, 0.4) is 0 Å². The van der Waals surface area contributed by atoms with E-state index in [9.17, 15) is 4.79 Å². The lowest BCUT2D eigenvalue weighted by Crippen LogP contribution is -2.19. The maximum absolute atomic E-state index is 10.7. The number of nitrogens with zero attached hydrogens (tertiary/aromatic N) is 1. The highest BCUT2D eigenvalue weighted by Gasteiger charge is 2.26. The molecule has 1 saturated carbocycles. The van der Waals surface area contributed by atoms with Gasteiger partial charge in [0.15, 0.2) is 5.58 Å². The van der Waals surface area contributed by atoms with E-state index in [1.807, 2.05) is 24.3 Å². The lowest BCUT2D eigenvalue weighted by molar-refractivity contribution is -0.136. The topological polar surface area (TPSA) is 87.4 Å². The number of carbonyl (C=O) groups is 1. The quantitative estimate of drug-likeness (QED) is 0.233. The van der Waals surface area contributed by atoms with Crippen molar-refractivity contribution in [1.82, 2.24) is 10.3 Å². The molecule has 0 radical (unpaired) electrons. The molecular formula is C29H31N3O3. The Bertz CT molecular complexity index is 1230. The Morgan fingerprint density at radius 1 is 1.00 bits per heavy atom. The molecule has 0 amide bonds. The maximum Gasteiger partial charge on any atom is 0.304 e. The number of hydrogen-bond donors (Lipinski definition) is 3. The van der Waals surface area contributed by atoms with Crippen LogP contribution in [0, 0.1) is 5.92 Å². The molecule has 5 rings (SSSR count). The summed E-state index contributed by atoms with van der Waals surface area (Å²) in [7, 11) is 0. The number of hydrogen-bond acceptors (Lipinski definition) is 5. The van der Waals surface area contributed by atoms with Crippen LogP contribution >= 0.6 is 0 Å². The molecule has 1 aromatic heterocycles. The third-order valence-corrected chi connectivity index (χ3v) is 6.80. The fourth-order valence-corrected chi connectivity index (χ4v) is 4.92. The van der Waals surface area contributed by atoms with Gasteiger partial charge in [-0.2, -0.15) is 0 Å². The number of anilines is 1. The van der Waals surface area contributed by atoms with Gasteiger partial charge in [0.05, 0.1) is 12.5 Å². The second-order valence-electron chi connectivity index (χ2n) is 9.29. The van der Waals surface area contributed by atoms with Crippen molar-refractivity contribution in [1.29, 1.82) is 0 Å². The third-order valence-electron chi connectivity index (χ3n) is 6.80. The summed E-state index contributed by atoms with van der Waals surface area (Å²) >= 11 is 0. The van der Waals surface area contributed by atoms with Crippen molar-refractivity contribution in [3.8, 4) is 11.5 Å². The molecule has 3 aromatic carbocycles. The summed E-state index contributed by atoms with van der Waals surface area (Å²) in [5.41, 5.74) is 6.17. The van der Waals surface area contributed by atoms with E-state index in [1.54, 1.807) is 0 Å². The van der Waals surface area contributed by atoms with Crippen LogP contribution in [0.25, 0.3) is 22.6 Å². The van der Waals surface area contributed by atoms with Gasteiger partial charge in [-0.05, 0) is 66.3 Å². The predicted molar refractivity (Wildman–Crippen MR) is 138 cm³/mol. The molecule has 35 heavy (non-hydrogen) atoms. The van der Waals surface area contributed by atoms with Gasteiger partial charge in [-0.25, -0.2) is 4.98 Å². The summed E-state index contributed by atoms with van der Waals surface area (Å²) in [4.78, 5) is 15.3. The molecule has 1 aliphatic rings. The lowest BCUT2D eigenvalue weighted by atomic mass is 9.90. The average molecular weight is 470 g/mol. The average Bonchev–Trinajstić information content (AvgIpc) is 3.56. The number of carboxylic acids is 1. The van der Waals surface area contributed by atoms with Crippen LogP contribution in [-0.4, -0.2) is 22.6 Å². The summed E-state index contributed by atoms with van der Waals surface area (Å²) in [5, 5.41) is 15.7. The molecule has 0 saturated heterocycles. The second kappa shape index (κ2) is 10.7. The summed E-state index contributed by atoms with van der Waals surface area (Å²) in [6.07, 6.45) is 5.16. The first-order valence-corrected chi connectivity index (χ1v) is 12.4. The summed E-state index contributed by atoms with van der Waals surface area (Å²) in [6, 6.07) is 25.1. The summed E-state index contributed by atoms with van der Waals surface area (Å²) in [6.45, 7) is 1.13. The monoisotopic (exact) mass is 469 g/mol. The smallest absolute Gasteiger partial charge is 0.304 e. The molecule has 1 aliphatic carbocycles. The zero-order valence-corrected chi connectivity index (χ0v) is 19.7. The fourth-order valence-electron chi connectivity index (χ4n) is 4.92. The van der Waals surface area contributed by atoms with Crippen molar-refractivity contribution < 1.29 is 14.3 Å². The molecule has 6 heteroatoms. The standard InChI is InChI=1S/C29H31N3O3/c33-27(34)17-18-30-19-20-9-15-24(16-10-20)31-28(21-5-1-2-6-21)22-11-13-23(14-12-22)29-32-25-7-3-4-8-26(25)35-29/h3-4,7-16,21,28,30-31H,1-2,5-6,17-19H2,(H,33,34)/t28-/m0/s1. The molecule has 3 N–H and O–H groups in total. The highest BCUT2D eigenvalue weighted by atomic mass is 16.4. The van der Waals surface area contributed by atoms with Crippen LogP contribution < -0.4 is 10.6 Å². The normalized spacial score (nSPS) is 14.9. The van der Waals surface area contributed by atoms with Crippen molar-refractivity contribution in [3.05, 3.63) is 83.9 Å². The van der Waals surface area contributed by atoms with Crippen LogP contribution in [0.1, 0.15) is 49.3 Å². The first-order valence-electron chi connectivity index (χ1n) is 12.4. The molecule has 0 bridgehead atoms. The molecule has 4 aromatic rings. The minimum absolute atomic E-state index is 0.133. The van der Waals surface area contributed by atoms with Crippen molar-refractivity contribution >= 4 is 22.8 Å². The number of para-hydroxylation sites is 2. The number of oxazole rings is 1. The largest absolute Gasteiger partial charge is 0.481 e. The van der Waals surface area contributed by atoms with Crippen LogP contribution in [0.15, 0.2) is 77.2 Å². The summed E-state index contributed by atoms with van der Waals surface area (Å²) in [5.74, 6) is 0.468. The van der Waals surface area contributed by atoms with E-state index in [1.165, 1.54) is 31.2 Å². The second-order valence-corrected chi connectivity index (χ2v) is 9.29. The van der Waals surface area contributed by atoms with Gasteiger partial charge in [0.2, 0.25) is 5.89 Å². The highest BCUT2D eigenvalue weighted by molar-refractivity contribution is 5.76. The van der Waals surface area contributed by atoms with Crippen LogP contribution in [0.4, 0.5) is 5.69 Å². The van der Waals surface area contributed by atoms with Crippen molar-refractivity contribution in [3.63, 3.8) is 0 Å². The molecule has 6 nitrogen and oxygen atoms in total. The number of aliphatic carboxylic acids is 1. The Morgan fingerprint density at radius 3 is 2.46 bits per heavy atom. The molecule has 1 atom stereocenters. The van der Waals surface area contributed by atoms with E-state index >= 15 is 0 Å². The fraction of sp³-hybridized carbons (Fsp3) is 0.310. The van der Waals surface area contributed by atoms with Crippen LogP contribution in [0.5, 0.6) is 0 Å². The molecule has 1 fully saturated rings. The van der Waals surface area contributed by atoms with Gasteiger partial charge < -0.3 is 20.2 Å². The van der Waals surface area contributed by atoms with Gasteiger partial charge in [0.1, 0.15) is 5.52 Å². The molecule has 0 spiro atoms. The Hall–Kier alpha value is -3.64. The van der Waals surface area contributed by atoms with Gasteiger partial charge in [-0.15, -0.1) is 0 Å². The SMILES string of the molecule is O=C(O)CCNCc1ccc(N[C@H](c2ccc(-c3nc4ccccc4o3)cc2)C2CCCC2)cc1. The number of aromatic nitrogens is 1. The van der Waals surface area contributed by atoms with Crippen molar-refractivity contribution in [2.75, 3.05) is 11.9 Å². The number of benzene rings is 3. The molecule has 0 aliphatic heterocycles.